The van der Waals surface area contributed by atoms with Crippen LogP contribution in [-0.2, 0) is 0 Å². The molecule has 0 fully saturated rings. The minimum atomic E-state index is -0.195. The number of guanidine groups is 1. The van der Waals surface area contributed by atoms with Gasteiger partial charge in [0.15, 0.2) is 5.84 Å². The first-order chi connectivity index (χ1) is 7.78. The van der Waals surface area contributed by atoms with Crippen LogP contribution in [0.25, 0.3) is 0 Å². The summed E-state index contributed by atoms with van der Waals surface area (Å²) in [6, 6.07) is 0. The second-order valence-electron chi connectivity index (χ2n) is 3.45. The van der Waals surface area contributed by atoms with E-state index in [9.17, 15) is 0 Å². The first-order valence-electron chi connectivity index (χ1n) is 4.87. The molecule has 0 amide bonds. The van der Waals surface area contributed by atoms with Crippen molar-refractivity contribution in [2.45, 2.75) is 6.92 Å². The lowest BCUT2D eigenvalue weighted by molar-refractivity contribution is 0.355. The van der Waals surface area contributed by atoms with Crippen LogP contribution < -0.4 is 0 Å². The van der Waals surface area contributed by atoms with Crippen LogP contribution in [0.1, 0.15) is 6.92 Å². The Morgan fingerprint density at radius 3 is 2.94 bits per heavy atom. The molecule has 0 saturated carbocycles. The van der Waals surface area contributed by atoms with Crippen LogP contribution in [0.5, 0.6) is 0 Å². The van der Waals surface area contributed by atoms with Gasteiger partial charge in [-0.25, -0.2) is 14.9 Å². The Bertz CT molecular complexity index is 535. The van der Waals surface area contributed by atoms with Crippen molar-refractivity contribution < 1.29 is 5.11 Å². The lowest BCUT2D eigenvalue weighted by atomic mass is 10.3. The van der Waals surface area contributed by atoms with Crippen LogP contribution in [0.4, 0.5) is 0 Å². The molecule has 3 rings (SSSR count). The van der Waals surface area contributed by atoms with Crippen molar-refractivity contribution in [1.82, 2.24) is 4.90 Å². The van der Waals surface area contributed by atoms with Crippen molar-refractivity contribution >= 4 is 23.5 Å². The number of allylic oxidation sites excluding steroid dienone is 2. The summed E-state index contributed by atoms with van der Waals surface area (Å²) >= 11 is 0. The Labute approximate surface area is 91.8 Å². The maximum Gasteiger partial charge on any atom is 0.240 e. The van der Waals surface area contributed by atoms with Gasteiger partial charge < -0.3 is 5.11 Å². The van der Waals surface area contributed by atoms with Crippen molar-refractivity contribution in [3.05, 3.63) is 24.0 Å². The molecule has 0 radical (unpaired) electrons. The Kier molecular flexibility index (Phi) is 1.84. The van der Waals surface area contributed by atoms with E-state index in [0.29, 0.717) is 23.5 Å². The van der Waals surface area contributed by atoms with Crippen molar-refractivity contribution in [2.75, 3.05) is 6.61 Å². The second-order valence-corrected chi connectivity index (χ2v) is 3.45. The Balaban J connectivity index is 2.18. The Hall–Kier alpha value is -2.08. The fourth-order valence-electron chi connectivity index (χ4n) is 1.67. The van der Waals surface area contributed by atoms with E-state index < -0.39 is 0 Å². The highest BCUT2D eigenvalue weighted by Crippen LogP contribution is 2.21. The number of hydrogen-bond acceptors (Lipinski definition) is 6. The molecule has 6 heteroatoms. The fraction of sp³-hybridized carbons (Fsp3) is 0.200. The minimum absolute atomic E-state index is 0.195. The number of hydrogen-bond donors (Lipinski definition) is 1. The monoisotopic (exact) mass is 215 g/mol. The zero-order chi connectivity index (χ0) is 11.1. The van der Waals surface area contributed by atoms with Crippen LogP contribution in [0.2, 0.25) is 0 Å². The summed E-state index contributed by atoms with van der Waals surface area (Å²) in [5.41, 5.74) is 0. The van der Waals surface area contributed by atoms with Crippen molar-refractivity contribution in [3.63, 3.8) is 0 Å². The average molecular weight is 215 g/mol. The van der Waals surface area contributed by atoms with Crippen LogP contribution in [0.15, 0.2) is 44.0 Å². The first kappa shape index (κ1) is 9.17. The molecular weight excluding hydrogens is 206 g/mol. The van der Waals surface area contributed by atoms with Crippen LogP contribution >= 0.6 is 0 Å². The average Bonchev–Trinajstić information content (AvgIpc) is 2.28. The molecule has 1 N–H and O–H groups in total. The third-order valence-corrected chi connectivity index (χ3v) is 2.30. The molecule has 3 aliphatic heterocycles. The summed E-state index contributed by atoms with van der Waals surface area (Å²) in [4.78, 5) is 18.6. The van der Waals surface area contributed by atoms with Crippen LogP contribution in [-0.4, -0.2) is 40.1 Å². The van der Waals surface area contributed by atoms with Gasteiger partial charge >= 0.3 is 0 Å². The van der Waals surface area contributed by atoms with E-state index in [0.717, 1.165) is 5.84 Å². The van der Waals surface area contributed by atoms with Crippen molar-refractivity contribution in [1.29, 1.82) is 0 Å². The summed E-state index contributed by atoms with van der Waals surface area (Å²) in [6.07, 6.45) is 5.57. The molecule has 0 aromatic carbocycles. The highest BCUT2D eigenvalue weighted by molar-refractivity contribution is 6.20. The van der Waals surface area contributed by atoms with Gasteiger partial charge in [0.2, 0.25) is 5.96 Å². The summed E-state index contributed by atoms with van der Waals surface area (Å²) in [6.45, 7) is 1.61. The molecule has 3 aliphatic rings. The fourth-order valence-corrected chi connectivity index (χ4v) is 1.67. The molecule has 0 saturated heterocycles. The number of amidine groups is 3. The zero-order valence-electron chi connectivity index (χ0n) is 8.62. The molecule has 3 heterocycles. The number of rotatable bonds is 1. The number of aliphatic hydroxyl groups excluding tert-OH is 1. The topological polar surface area (TPSA) is 72.9 Å². The molecule has 0 aromatic heterocycles. The number of nitrogens with zero attached hydrogens (tertiary/aromatic N) is 5. The second kappa shape index (κ2) is 3.21. The lowest BCUT2D eigenvalue weighted by Gasteiger charge is -2.30. The summed E-state index contributed by atoms with van der Waals surface area (Å²) in [5, 5.41) is 9.06. The Morgan fingerprint density at radius 1 is 1.25 bits per heavy atom. The van der Waals surface area contributed by atoms with Gasteiger partial charge in [0.1, 0.15) is 24.1 Å². The normalized spacial score (nSPS) is 21.6. The molecule has 0 atom stereocenters. The van der Waals surface area contributed by atoms with Crippen LogP contribution in [0.3, 0.4) is 0 Å². The predicted octanol–water partition coefficient (Wildman–Crippen LogP) is 0.291. The molecule has 0 aromatic rings. The van der Waals surface area contributed by atoms with Gasteiger partial charge in [0.05, 0.1) is 0 Å². The molecular formula is C10H9N5O. The summed E-state index contributed by atoms with van der Waals surface area (Å²) in [7, 11) is 0. The van der Waals surface area contributed by atoms with E-state index in [2.05, 4.69) is 20.0 Å². The van der Waals surface area contributed by atoms with E-state index >= 15 is 0 Å². The van der Waals surface area contributed by atoms with E-state index in [4.69, 9.17) is 5.11 Å². The third-order valence-electron chi connectivity index (χ3n) is 2.30. The quantitative estimate of drug-likeness (QED) is 0.682. The maximum atomic E-state index is 9.06. The number of aliphatic imine (C=N–C) groups is 4. The molecule has 16 heavy (non-hydrogen) atoms. The van der Waals surface area contributed by atoms with Crippen molar-refractivity contribution in [2.24, 2.45) is 20.0 Å². The van der Waals surface area contributed by atoms with Gasteiger partial charge in [-0.3, -0.25) is 0 Å². The van der Waals surface area contributed by atoms with Crippen molar-refractivity contribution in [3.8, 4) is 0 Å². The van der Waals surface area contributed by atoms with Gasteiger partial charge in [-0.2, -0.15) is 9.98 Å². The van der Waals surface area contributed by atoms with E-state index in [-0.39, 0.29) is 6.61 Å². The van der Waals surface area contributed by atoms with Gasteiger partial charge in [-0.15, -0.1) is 0 Å². The van der Waals surface area contributed by atoms with Gasteiger partial charge in [0, 0.05) is 0 Å². The molecule has 6 nitrogen and oxygen atoms in total. The summed E-state index contributed by atoms with van der Waals surface area (Å²) < 4.78 is 0. The van der Waals surface area contributed by atoms with Gasteiger partial charge in [-0.1, -0.05) is 6.08 Å². The minimum Gasteiger partial charge on any atom is -0.388 e. The standard InChI is InChI=1S/C10H9N5O/c1-6-11-8-3-2-4-9-13-7(5-16)14-10(12-6)15(8)9/h2-4,16H,5H2,1H3. The highest BCUT2D eigenvalue weighted by Gasteiger charge is 2.29. The molecule has 0 bridgehead atoms. The summed E-state index contributed by atoms with van der Waals surface area (Å²) in [5.74, 6) is 2.97. The van der Waals surface area contributed by atoms with E-state index in [1.165, 1.54) is 0 Å². The molecule has 0 aliphatic carbocycles. The van der Waals surface area contributed by atoms with Gasteiger partial charge in [-0.05, 0) is 19.1 Å². The van der Waals surface area contributed by atoms with Crippen LogP contribution in [0, 0.1) is 0 Å². The third kappa shape index (κ3) is 1.24. The Morgan fingerprint density at radius 2 is 2.12 bits per heavy atom. The first-order valence-corrected chi connectivity index (χ1v) is 4.87. The maximum absolute atomic E-state index is 9.06. The predicted molar refractivity (Wildman–Crippen MR) is 61.6 cm³/mol. The molecule has 0 spiro atoms. The number of aliphatic hydroxyl groups is 1. The van der Waals surface area contributed by atoms with E-state index in [1.807, 2.05) is 25.2 Å². The zero-order valence-corrected chi connectivity index (χ0v) is 8.62. The highest BCUT2D eigenvalue weighted by atomic mass is 16.3. The van der Waals surface area contributed by atoms with Gasteiger partial charge in [0.25, 0.3) is 0 Å². The lowest BCUT2D eigenvalue weighted by Crippen LogP contribution is -2.41. The largest absolute Gasteiger partial charge is 0.388 e. The van der Waals surface area contributed by atoms with E-state index in [1.54, 1.807) is 4.90 Å². The molecule has 0 unspecified atom stereocenters. The smallest absolute Gasteiger partial charge is 0.240 e. The molecule has 80 valence electrons. The SMILES string of the molecule is CC1=NC2=NC(CO)=NC3=CC=CC(=N1)N32.